The molecule has 1 aliphatic heterocycles. The summed E-state index contributed by atoms with van der Waals surface area (Å²) in [6.07, 6.45) is 3.11. The minimum Gasteiger partial charge on any atom is -0.493 e. The van der Waals surface area contributed by atoms with Crippen LogP contribution >= 0.6 is 0 Å². The lowest BCUT2D eigenvalue weighted by Crippen LogP contribution is -2.40. The van der Waals surface area contributed by atoms with Crippen LogP contribution in [0, 0.1) is 0 Å². The molecule has 8 nitrogen and oxygen atoms in total. The first-order chi connectivity index (χ1) is 16.5. The first-order valence-electron chi connectivity index (χ1n) is 10.8. The maximum Gasteiger partial charge on any atom is 0.254 e. The monoisotopic (exact) mass is 462 g/mol. The zero-order valence-electron chi connectivity index (χ0n) is 19.4. The normalized spacial score (nSPS) is 13.8. The Kier molecular flexibility index (Phi) is 7.08. The van der Waals surface area contributed by atoms with E-state index in [1.54, 1.807) is 68.7 Å². The highest BCUT2D eigenvalue weighted by Gasteiger charge is 2.19. The molecule has 34 heavy (non-hydrogen) atoms. The molecule has 1 fully saturated rings. The number of hydrogen-bond donors (Lipinski definition) is 0. The molecule has 2 heterocycles. The number of hydrogen-bond acceptors (Lipinski definition) is 7. The Labute approximate surface area is 197 Å². The lowest BCUT2D eigenvalue weighted by atomic mass is 10.1. The van der Waals surface area contributed by atoms with Crippen molar-refractivity contribution in [2.45, 2.75) is 0 Å². The van der Waals surface area contributed by atoms with Gasteiger partial charge in [-0.05, 0) is 36.4 Å². The fourth-order valence-corrected chi connectivity index (χ4v) is 3.84. The van der Waals surface area contributed by atoms with Gasteiger partial charge in [-0.25, -0.2) is 4.98 Å². The maximum absolute atomic E-state index is 12.7. The highest BCUT2D eigenvalue weighted by atomic mass is 16.5. The van der Waals surface area contributed by atoms with E-state index < -0.39 is 0 Å². The molecule has 0 bridgehead atoms. The number of methoxy groups -OCH3 is 3. The van der Waals surface area contributed by atoms with Crippen LogP contribution < -0.4 is 14.2 Å². The molecule has 1 aliphatic rings. The number of carbonyl (C=O) groups is 2. The van der Waals surface area contributed by atoms with Crippen LogP contribution in [0.5, 0.6) is 17.2 Å². The second-order valence-electron chi connectivity index (χ2n) is 7.63. The SMILES string of the molecule is COc1cc2nc(C=CC(=O)c3ccc(C(=O)N4CCOCC4)cc3)ccc2c(OC)c1OC. The van der Waals surface area contributed by atoms with Gasteiger partial charge in [0.25, 0.3) is 5.91 Å². The van der Waals surface area contributed by atoms with Crippen LogP contribution in [0.25, 0.3) is 17.0 Å². The van der Waals surface area contributed by atoms with E-state index in [9.17, 15) is 9.59 Å². The highest BCUT2D eigenvalue weighted by molar-refractivity contribution is 6.07. The number of aromatic nitrogens is 1. The van der Waals surface area contributed by atoms with Gasteiger partial charge in [0, 0.05) is 35.7 Å². The Morgan fingerprint density at radius 3 is 2.24 bits per heavy atom. The number of ether oxygens (including phenoxy) is 4. The highest BCUT2D eigenvalue weighted by Crippen LogP contribution is 2.42. The number of allylic oxidation sites excluding steroid dienone is 1. The van der Waals surface area contributed by atoms with Crippen LogP contribution in [0.2, 0.25) is 0 Å². The summed E-state index contributed by atoms with van der Waals surface area (Å²) in [6, 6.07) is 12.1. The van der Waals surface area contributed by atoms with Crippen molar-refractivity contribution < 1.29 is 28.5 Å². The van der Waals surface area contributed by atoms with Crippen molar-refractivity contribution in [3.8, 4) is 17.2 Å². The molecule has 0 aliphatic carbocycles. The van der Waals surface area contributed by atoms with Crippen molar-refractivity contribution in [2.75, 3.05) is 47.6 Å². The number of rotatable bonds is 7. The van der Waals surface area contributed by atoms with Crippen molar-refractivity contribution in [2.24, 2.45) is 0 Å². The second kappa shape index (κ2) is 10.4. The van der Waals surface area contributed by atoms with Gasteiger partial charge in [0.1, 0.15) is 0 Å². The lowest BCUT2D eigenvalue weighted by molar-refractivity contribution is 0.0303. The molecular formula is C26H26N2O6. The number of nitrogens with zero attached hydrogens (tertiary/aromatic N) is 2. The van der Waals surface area contributed by atoms with Crippen molar-refractivity contribution in [1.29, 1.82) is 0 Å². The fourth-order valence-electron chi connectivity index (χ4n) is 3.84. The largest absolute Gasteiger partial charge is 0.493 e. The van der Waals surface area contributed by atoms with Gasteiger partial charge in [0.05, 0.1) is 45.8 Å². The summed E-state index contributed by atoms with van der Waals surface area (Å²) in [7, 11) is 4.65. The van der Waals surface area contributed by atoms with Crippen LogP contribution in [0.3, 0.4) is 0 Å². The lowest BCUT2D eigenvalue weighted by Gasteiger charge is -2.26. The van der Waals surface area contributed by atoms with E-state index in [4.69, 9.17) is 18.9 Å². The van der Waals surface area contributed by atoms with Crippen LogP contribution in [0.15, 0.2) is 48.5 Å². The van der Waals surface area contributed by atoms with Crippen LogP contribution in [-0.4, -0.2) is 69.2 Å². The molecular weight excluding hydrogens is 436 g/mol. The zero-order chi connectivity index (χ0) is 24.1. The van der Waals surface area contributed by atoms with Crippen LogP contribution in [-0.2, 0) is 4.74 Å². The molecule has 0 atom stereocenters. The number of fused-ring (bicyclic) bond motifs is 1. The molecule has 1 amide bonds. The number of amides is 1. The molecule has 176 valence electrons. The van der Waals surface area contributed by atoms with Crippen molar-refractivity contribution in [3.63, 3.8) is 0 Å². The Morgan fingerprint density at radius 1 is 0.912 bits per heavy atom. The average molecular weight is 463 g/mol. The van der Waals surface area contributed by atoms with Gasteiger partial charge in [0.2, 0.25) is 5.75 Å². The molecule has 2 aromatic carbocycles. The standard InChI is InChI=1S/C26H26N2O6/c1-31-23-16-21-20(24(32-2)25(23)33-3)10-8-19(27-21)9-11-22(29)17-4-6-18(7-5-17)26(30)28-12-14-34-15-13-28/h4-11,16H,12-15H2,1-3H3. The third-order valence-corrected chi connectivity index (χ3v) is 5.64. The molecule has 1 aromatic heterocycles. The Morgan fingerprint density at radius 2 is 1.59 bits per heavy atom. The summed E-state index contributed by atoms with van der Waals surface area (Å²) in [5.74, 6) is 1.29. The Balaban J connectivity index is 1.52. The van der Waals surface area contributed by atoms with Gasteiger partial charge in [-0.1, -0.05) is 12.1 Å². The maximum atomic E-state index is 12.7. The van der Waals surface area contributed by atoms with Crippen molar-refractivity contribution >= 4 is 28.7 Å². The summed E-state index contributed by atoms with van der Waals surface area (Å²) >= 11 is 0. The number of carbonyl (C=O) groups excluding carboxylic acids is 2. The molecule has 3 aromatic rings. The van der Waals surface area contributed by atoms with Gasteiger partial charge in [-0.15, -0.1) is 0 Å². The molecule has 0 radical (unpaired) electrons. The summed E-state index contributed by atoms with van der Waals surface area (Å²) in [6.45, 7) is 2.24. The van der Waals surface area contributed by atoms with E-state index in [1.165, 1.54) is 6.08 Å². The number of ketones is 1. The van der Waals surface area contributed by atoms with Crippen LogP contribution in [0.4, 0.5) is 0 Å². The van der Waals surface area contributed by atoms with E-state index in [0.29, 0.717) is 65.9 Å². The van der Waals surface area contributed by atoms with E-state index in [1.807, 2.05) is 6.07 Å². The van der Waals surface area contributed by atoms with Gasteiger partial charge in [0.15, 0.2) is 17.3 Å². The Bertz CT molecular complexity index is 1230. The summed E-state index contributed by atoms with van der Waals surface area (Å²) < 4.78 is 21.6. The molecule has 4 rings (SSSR count). The molecule has 1 saturated heterocycles. The Hall–Kier alpha value is -3.91. The van der Waals surface area contributed by atoms with Gasteiger partial charge in [-0.2, -0.15) is 0 Å². The molecule has 0 saturated carbocycles. The summed E-state index contributed by atoms with van der Waals surface area (Å²) in [5.41, 5.74) is 2.30. The zero-order valence-corrected chi connectivity index (χ0v) is 19.4. The average Bonchev–Trinajstić information content (AvgIpc) is 2.90. The van der Waals surface area contributed by atoms with Crippen LogP contribution in [0.1, 0.15) is 26.4 Å². The van der Waals surface area contributed by atoms with Crippen molar-refractivity contribution in [1.82, 2.24) is 9.88 Å². The van der Waals surface area contributed by atoms with Crippen molar-refractivity contribution in [3.05, 3.63) is 65.4 Å². The number of pyridine rings is 1. The second-order valence-corrected chi connectivity index (χ2v) is 7.63. The molecule has 0 unspecified atom stereocenters. The van der Waals surface area contributed by atoms with E-state index >= 15 is 0 Å². The third kappa shape index (κ3) is 4.72. The summed E-state index contributed by atoms with van der Waals surface area (Å²) in [5, 5.41) is 0.768. The minimum absolute atomic E-state index is 0.0549. The molecule has 0 N–H and O–H groups in total. The fraction of sp³-hybridized carbons (Fsp3) is 0.269. The van der Waals surface area contributed by atoms with E-state index in [-0.39, 0.29) is 11.7 Å². The first kappa shape index (κ1) is 23.3. The predicted molar refractivity (Wildman–Crippen MR) is 128 cm³/mol. The molecule has 8 heteroatoms. The topological polar surface area (TPSA) is 87.2 Å². The predicted octanol–water partition coefficient (Wildman–Crippen LogP) is 3.63. The smallest absolute Gasteiger partial charge is 0.254 e. The van der Waals surface area contributed by atoms with Gasteiger partial charge >= 0.3 is 0 Å². The summed E-state index contributed by atoms with van der Waals surface area (Å²) in [4.78, 5) is 31.6. The van der Waals surface area contributed by atoms with E-state index in [0.717, 1.165) is 5.39 Å². The third-order valence-electron chi connectivity index (χ3n) is 5.64. The number of benzene rings is 2. The van der Waals surface area contributed by atoms with E-state index in [2.05, 4.69) is 4.98 Å². The quantitative estimate of drug-likeness (QED) is 0.391. The first-order valence-corrected chi connectivity index (χ1v) is 10.8. The van der Waals surface area contributed by atoms with Gasteiger partial charge < -0.3 is 23.8 Å². The van der Waals surface area contributed by atoms with Gasteiger partial charge in [-0.3, -0.25) is 9.59 Å². The number of morpholine rings is 1. The minimum atomic E-state index is -0.183. The molecule has 0 spiro atoms.